The zero-order chi connectivity index (χ0) is 8.97. The Morgan fingerprint density at radius 1 is 1.58 bits per heavy atom. The normalized spacial score (nSPS) is 12.5. The lowest BCUT2D eigenvalue weighted by Crippen LogP contribution is -1.93. The average Bonchev–Trinajstić information content (AvgIpc) is 2.05. The molecule has 0 aliphatic carbocycles. The fraction of sp³-hybridized carbons (Fsp3) is 0.300. The van der Waals surface area contributed by atoms with Gasteiger partial charge < -0.3 is 4.79 Å². The Labute approximate surface area is 80.9 Å². The molecule has 0 aliphatic rings. The van der Waals surface area contributed by atoms with E-state index < -0.39 is 0 Å². The molecule has 0 saturated heterocycles. The number of carbonyl (C=O) groups is 1. The summed E-state index contributed by atoms with van der Waals surface area (Å²) in [7, 11) is 0. The first kappa shape index (κ1) is 9.46. The summed E-state index contributed by atoms with van der Waals surface area (Å²) < 4.78 is 1.07. The summed E-state index contributed by atoms with van der Waals surface area (Å²) >= 11 is 3.39. The first-order valence-corrected chi connectivity index (χ1v) is 4.72. The van der Waals surface area contributed by atoms with Gasteiger partial charge in [-0.1, -0.05) is 35.0 Å². The maximum absolute atomic E-state index is 10.3. The molecule has 0 saturated carbocycles. The Morgan fingerprint density at radius 2 is 2.33 bits per heavy atom. The molecule has 64 valence electrons. The number of benzene rings is 1. The highest BCUT2D eigenvalue weighted by Crippen LogP contribution is 2.21. The minimum Gasteiger partial charge on any atom is -0.303 e. The number of halogens is 1. The monoisotopic (exact) mass is 226 g/mol. The van der Waals surface area contributed by atoms with Crippen molar-refractivity contribution in [2.24, 2.45) is 0 Å². The molecule has 1 aromatic rings. The number of aldehydes is 1. The lowest BCUT2D eigenvalue weighted by atomic mass is 9.99. The highest BCUT2D eigenvalue weighted by atomic mass is 79.9. The second kappa shape index (κ2) is 4.41. The van der Waals surface area contributed by atoms with Gasteiger partial charge >= 0.3 is 0 Å². The Bertz CT molecular complexity index is 270. The van der Waals surface area contributed by atoms with Gasteiger partial charge in [-0.3, -0.25) is 0 Å². The molecule has 0 radical (unpaired) electrons. The van der Waals surface area contributed by atoms with E-state index in [0.29, 0.717) is 12.3 Å². The molecule has 0 heterocycles. The van der Waals surface area contributed by atoms with E-state index in [1.165, 1.54) is 5.56 Å². The van der Waals surface area contributed by atoms with E-state index in [-0.39, 0.29) is 0 Å². The average molecular weight is 227 g/mol. The Kier molecular flexibility index (Phi) is 3.48. The zero-order valence-electron chi connectivity index (χ0n) is 6.96. The van der Waals surface area contributed by atoms with Crippen molar-refractivity contribution in [3.63, 3.8) is 0 Å². The van der Waals surface area contributed by atoms with E-state index in [1.54, 1.807) is 0 Å². The van der Waals surface area contributed by atoms with Crippen molar-refractivity contribution < 1.29 is 4.79 Å². The molecule has 0 N–H and O–H groups in total. The van der Waals surface area contributed by atoms with Crippen molar-refractivity contribution >= 4 is 22.2 Å². The van der Waals surface area contributed by atoms with Crippen LogP contribution in [0.4, 0.5) is 0 Å². The summed E-state index contributed by atoms with van der Waals surface area (Å²) in [5.74, 6) is 0.319. The first-order valence-electron chi connectivity index (χ1n) is 3.93. The molecule has 1 nitrogen and oxygen atoms in total. The molecule has 1 atom stereocenters. The molecule has 2 heteroatoms. The molecule has 1 rings (SSSR count). The van der Waals surface area contributed by atoms with Crippen LogP contribution in [0.25, 0.3) is 0 Å². The molecular formula is C10H11BrO. The maximum Gasteiger partial charge on any atom is 0.120 e. The van der Waals surface area contributed by atoms with Gasteiger partial charge in [0.15, 0.2) is 0 Å². The Morgan fingerprint density at radius 3 is 2.92 bits per heavy atom. The van der Waals surface area contributed by atoms with E-state index in [4.69, 9.17) is 0 Å². The molecule has 0 amide bonds. The Balaban J connectivity index is 2.80. The summed E-state index contributed by atoms with van der Waals surface area (Å²) in [6, 6.07) is 8.06. The molecule has 0 aromatic heterocycles. The highest BCUT2D eigenvalue weighted by Gasteiger charge is 2.03. The summed E-state index contributed by atoms with van der Waals surface area (Å²) in [5.41, 5.74) is 1.21. The van der Waals surface area contributed by atoms with Gasteiger partial charge in [0.05, 0.1) is 0 Å². The van der Waals surface area contributed by atoms with E-state index in [9.17, 15) is 4.79 Å². The molecule has 0 bridgehead atoms. The van der Waals surface area contributed by atoms with Crippen LogP contribution in [0, 0.1) is 0 Å². The van der Waals surface area contributed by atoms with Gasteiger partial charge in [0, 0.05) is 10.9 Å². The third kappa shape index (κ3) is 2.45. The molecule has 0 unspecified atom stereocenters. The van der Waals surface area contributed by atoms with Gasteiger partial charge in [-0.15, -0.1) is 0 Å². The number of rotatable bonds is 3. The van der Waals surface area contributed by atoms with E-state index in [0.717, 1.165) is 10.8 Å². The van der Waals surface area contributed by atoms with Crippen LogP contribution in [-0.2, 0) is 4.79 Å². The quantitative estimate of drug-likeness (QED) is 0.725. The van der Waals surface area contributed by atoms with Gasteiger partial charge in [0.2, 0.25) is 0 Å². The Hall–Kier alpha value is -0.630. The largest absolute Gasteiger partial charge is 0.303 e. The van der Waals surface area contributed by atoms with E-state index in [1.807, 2.05) is 24.3 Å². The molecule has 12 heavy (non-hydrogen) atoms. The predicted molar refractivity (Wildman–Crippen MR) is 53.2 cm³/mol. The SMILES string of the molecule is C[C@H](CC=O)c1cccc(Br)c1. The fourth-order valence-corrected chi connectivity index (χ4v) is 1.51. The van der Waals surface area contributed by atoms with Crippen molar-refractivity contribution in [3.05, 3.63) is 34.3 Å². The third-order valence-electron chi connectivity index (χ3n) is 1.87. The smallest absolute Gasteiger partial charge is 0.120 e. The summed E-state index contributed by atoms with van der Waals surface area (Å²) in [6.45, 7) is 2.05. The number of hydrogen-bond acceptors (Lipinski definition) is 1. The van der Waals surface area contributed by atoms with E-state index >= 15 is 0 Å². The lowest BCUT2D eigenvalue weighted by Gasteiger charge is -2.07. The minimum absolute atomic E-state index is 0.319. The predicted octanol–water partition coefficient (Wildman–Crippen LogP) is 3.14. The third-order valence-corrected chi connectivity index (χ3v) is 2.36. The highest BCUT2D eigenvalue weighted by molar-refractivity contribution is 9.10. The minimum atomic E-state index is 0.319. The molecule has 0 spiro atoms. The van der Waals surface area contributed by atoms with Crippen molar-refractivity contribution in [2.45, 2.75) is 19.3 Å². The van der Waals surface area contributed by atoms with Crippen molar-refractivity contribution in [1.29, 1.82) is 0 Å². The summed E-state index contributed by atoms with van der Waals surface area (Å²) in [4.78, 5) is 10.3. The topological polar surface area (TPSA) is 17.1 Å². The molecule has 0 aliphatic heterocycles. The first-order chi connectivity index (χ1) is 5.74. The van der Waals surface area contributed by atoms with Crippen LogP contribution >= 0.6 is 15.9 Å². The lowest BCUT2D eigenvalue weighted by molar-refractivity contribution is -0.108. The van der Waals surface area contributed by atoms with E-state index in [2.05, 4.69) is 22.9 Å². The van der Waals surface area contributed by atoms with Crippen LogP contribution in [0.5, 0.6) is 0 Å². The van der Waals surface area contributed by atoms with Gasteiger partial charge in [0.1, 0.15) is 6.29 Å². The van der Waals surface area contributed by atoms with Crippen molar-refractivity contribution in [3.8, 4) is 0 Å². The van der Waals surface area contributed by atoms with Crippen LogP contribution in [0.2, 0.25) is 0 Å². The van der Waals surface area contributed by atoms with Gasteiger partial charge in [-0.25, -0.2) is 0 Å². The zero-order valence-corrected chi connectivity index (χ0v) is 8.54. The summed E-state index contributed by atoms with van der Waals surface area (Å²) in [6.07, 6.45) is 1.56. The van der Waals surface area contributed by atoms with Gasteiger partial charge in [0.25, 0.3) is 0 Å². The molecule has 0 fully saturated rings. The standard InChI is InChI=1S/C10H11BrO/c1-8(5-6-12)9-3-2-4-10(11)7-9/h2-4,6-8H,5H2,1H3/t8-/m1/s1. The van der Waals surface area contributed by atoms with Crippen LogP contribution in [0.15, 0.2) is 28.7 Å². The fourth-order valence-electron chi connectivity index (χ4n) is 1.09. The van der Waals surface area contributed by atoms with Gasteiger partial charge in [-0.2, -0.15) is 0 Å². The number of hydrogen-bond donors (Lipinski definition) is 0. The van der Waals surface area contributed by atoms with Crippen LogP contribution in [0.1, 0.15) is 24.8 Å². The summed E-state index contributed by atoms with van der Waals surface area (Å²) in [5, 5.41) is 0. The molecular weight excluding hydrogens is 216 g/mol. The van der Waals surface area contributed by atoms with Crippen LogP contribution in [0.3, 0.4) is 0 Å². The van der Waals surface area contributed by atoms with Crippen LogP contribution in [-0.4, -0.2) is 6.29 Å². The van der Waals surface area contributed by atoms with Crippen molar-refractivity contribution in [1.82, 2.24) is 0 Å². The molecule has 1 aromatic carbocycles. The maximum atomic E-state index is 10.3. The second-order valence-electron chi connectivity index (χ2n) is 2.86. The van der Waals surface area contributed by atoms with Gasteiger partial charge in [-0.05, 0) is 23.6 Å². The number of carbonyl (C=O) groups excluding carboxylic acids is 1. The van der Waals surface area contributed by atoms with Crippen LogP contribution < -0.4 is 0 Å². The van der Waals surface area contributed by atoms with Crippen molar-refractivity contribution in [2.75, 3.05) is 0 Å². The second-order valence-corrected chi connectivity index (χ2v) is 3.77.